The lowest BCUT2D eigenvalue weighted by Crippen LogP contribution is -2.40. The van der Waals surface area contributed by atoms with Crippen LogP contribution in [0.4, 0.5) is 0 Å². The second kappa shape index (κ2) is 6.25. The second-order valence-electron chi connectivity index (χ2n) is 7.43. The average molecular weight is 266 g/mol. The summed E-state index contributed by atoms with van der Waals surface area (Å²) < 4.78 is 0. The Morgan fingerprint density at radius 1 is 1.00 bits per heavy atom. The first-order chi connectivity index (χ1) is 8.97. The fourth-order valence-corrected chi connectivity index (χ4v) is 3.12. The molecule has 2 aliphatic rings. The maximum atomic E-state index is 11.5. The van der Waals surface area contributed by atoms with Crippen LogP contribution in [0, 0.1) is 17.3 Å². The number of amides is 1. The summed E-state index contributed by atoms with van der Waals surface area (Å²) >= 11 is 0. The van der Waals surface area contributed by atoms with E-state index in [1.54, 1.807) is 0 Å². The Morgan fingerprint density at radius 3 is 2.16 bits per heavy atom. The molecule has 0 bridgehead atoms. The van der Waals surface area contributed by atoms with Crippen LogP contribution < -0.4 is 10.6 Å². The Bertz CT molecular complexity index is 296. The molecule has 0 aliphatic heterocycles. The first-order valence-electron chi connectivity index (χ1n) is 7.98. The smallest absolute Gasteiger partial charge is 0.223 e. The summed E-state index contributed by atoms with van der Waals surface area (Å²) in [7, 11) is 0. The lowest BCUT2D eigenvalue weighted by atomic mass is 9.71. The Hall–Kier alpha value is -0.570. The van der Waals surface area contributed by atoms with E-state index in [2.05, 4.69) is 31.4 Å². The molecule has 0 aromatic rings. The van der Waals surface area contributed by atoms with Crippen LogP contribution in [0.5, 0.6) is 0 Å². The van der Waals surface area contributed by atoms with Crippen molar-refractivity contribution in [2.45, 2.75) is 65.3 Å². The zero-order chi connectivity index (χ0) is 13.9. The van der Waals surface area contributed by atoms with Gasteiger partial charge in [0.05, 0.1) is 0 Å². The van der Waals surface area contributed by atoms with Gasteiger partial charge in [-0.3, -0.25) is 4.79 Å². The molecule has 3 nitrogen and oxygen atoms in total. The molecule has 0 spiro atoms. The molecule has 3 heteroatoms. The predicted molar refractivity (Wildman–Crippen MR) is 78.9 cm³/mol. The van der Waals surface area contributed by atoms with Gasteiger partial charge < -0.3 is 10.6 Å². The SMILES string of the molecule is CC(C)(C)C1CCC(NCCNC(=O)C2CC2)CC1. The zero-order valence-electron chi connectivity index (χ0n) is 12.8. The minimum atomic E-state index is 0.262. The number of carbonyl (C=O) groups is 1. The van der Waals surface area contributed by atoms with Crippen LogP contribution in [0.15, 0.2) is 0 Å². The summed E-state index contributed by atoms with van der Waals surface area (Å²) in [5.41, 5.74) is 0.462. The molecule has 110 valence electrons. The van der Waals surface area contributed by atoms with Crippen molar-refractivity contribution in [3.8, 4) is 0 Å². The van der Waals surface area contributed by atoms with E-state index in [0.717, 1.165) is 31.8 Å². The van der Waals surface area contributed by atoms with E-state index in [1.165, 1.54) is 25.7 Å². The fourth-order valence-electron chi connectivity index (χ4n) is 3.12. The van der Waals surface area contributed by atoms with Gasteiger partial charge in [0.25, 0.3) is 0 Å². The van der Waals surface area contributed by atoms with Crippen molar-refractivity contribution < 1.29 is 4.79 Å². The third-order valence-electron chi connectivity index (χ3n) is 4.76. The molecule has 19 heavy (non-hydrogen) atoms. The van der Waals surface area contributed by atoms with E-state index in [0.29, 0.717) is 17.4 Å². The highest BCUT2D eigenvalue weighted by Gasteiger charge is 2.30. The quantitative estimate of drug-likeness (QED) is 0.751. The molecule has 2 aliphatic carbocycles. The Balaban J connectivity index is 1.54. The van der Waals surface area contributed by atoms with Crippen molar-refractivity contribution >= 4 is 5.91 Å². The van der Waals surface area contributed by atoms with Gasteiger partial charge in [-0.25, -0.2) is 0 Å². The Labute approximate surface area is 117 Å². The van der Waals surface area contributed by atoms with Gasteiger partial charge >= 0.3 is 0 Å². The van der Waals surface area contributed by atoms with E-state index in [9.17, 15) is 4.79 Å². The third kappa shape index (κ3) is 4.79. The standard InChI is InChI=1S/C16H30N2O/c1-16(2,3)13-6-8-14(9-7-13)17-10-11-18-15(19)12-4-5-12/h12-14,17H,4-11H2,1-3H3,(H,18,19). The van der Waals surface area contributed by atoms with Crippen LogP contribution in [-0.2, 0) is 4.79 Å². The highest BCUT2D eigenvalue weighted by molar-refractivity contribution is 5.80. The first kappa shape index (κ1) is 14.8. The van der Waals surface area contributed by atoms with Gasteiger partial charge in [0.1, 0.15) is 0 Å². The Kier molecular flexibility index (Phi) is 4.88. The molecule has 0 unspecified atom stereocenters. The maximum absolute atomic E-state index is 11.5. The molecule has 0 heterocycles. The molecule has 2 saturated carbocycles. The summed E-state index contributed by atoms with van der Waals surface area (Å²) in [5.74, 6) is 1.47. The van der Waals surface area contributed by atoms with Crippen molar-refractivity contribution in [2.24, 2.45) is 17.3 Å². The Morgan fingerprint density at radius 2 is 1.63 bits per heavy atom. The molecule has 2 fully saturated rings. The second-order valence-corrected chi connectivity index (χ2v) is 7.43. The number of nitrogens with one attached hydrogen (secondary N) is 2. The summed E-state index contributed by atoms with van der Waals surface area (Å²) in [6.45, 7) is 8.79. The van der Waals surface area contributed by atoms with Crippen LogP contribution in [0.3, 0.4) is 0 Å². The normalized spacial score (nSPS) is 28.2. The molecule has 0 aromatic heterocycles. The lowest BCUT2D eigenvalue weighted by Gasteiger charge is -2.37. The van der Waals surface area contributed by atoms with Gasteiger partial charge in [-0.15, -0.1) is 0 Å². The highest BCUT2D eigenvalue weighted by atomic mass is 16.2. The average Bonchev–Trinajstić information content (AvgIpc) is 3.18. The van der Waals surface area contributed by atoms with Gasteiger partial charge in [-0.2, -0.15) is 0 Å². The first-order valence-corrected chi connectivity index (χ1v) is 7.98. The number of rotatable bonds is 5. The zero-order valence-corrected chi connectivity index (χ0v) is 12.8. The molecule has 2 rings (SSSR count). The van der Waals surface area contributed by atoms with Gasteiger partial charge in [-0.05, 0) is 49.9 Å². The van der Waals surface area contributed by atoms with Crippen LogP contribution in [-0.4, -0.2) is 25.0 Å². The van der Waals surface area contributed by atoms with E-state index >= 15 is 0 Å². The number of hydrogen-bond acceptors (Lipinski definition) is 2. The summed E-state index contributed by atoms with van der Waals surface area (Å²) in [6, 6.07) is 0.663. The van der Waals surface area contributed by atoms with E-state index in [4.69, 9.17) is 0 Å². The molecule has 0 atom stereocenters. The predicted octanol–water partition coefficient (Wildman–Crippen LogP) is 2.71. The van der Waals surface area contributed by atoms with Gasteiger partial charge in [-0.1, -0.05) is 20.8 Å². The molecule has 0 saturated heterocycles. The third-order valence-corrected chi connectivity index (χ3v) is 4.76. The van der Waals surface area contributed by atoms with Crippen LogP contribution in [0.2, 0.25) is 0 Å². The van der Waals surface area contributed by atoms with Gasteiger partial charge in [0.15, 0.2) is 0 Å². The van der Waals surface area contributed by atoms with Crippen LogP contribution in [0.1, 0.15) is 59.3 Å². The molecular weight excluding hydrogens is 236 g/mol. The van der Waals surface area contributed by atoms with Crippen molar-refractivity contribution in [1.82, 2.24) is 10.6 Å². The van der Waals surface area contributed by atoms with Crippen LogP contribution in [0.25, 0.3) is 0 Å². The monoisotopic (exact) mass is 266 g/mol. The molecule has 2 N–H and O–H groups in total. The molecule has 0 radical (unpaired) electrons. The van der Waals surface area contributed by atoms with Crippen molar-refractivity contribution in [1.29, 1.82) is 0 Å². The minimum Gasteiger partial charge on any atom is -0.355 e. The van der Waals surface area contributed by atoms with E-state index < -0.39 is 0 Å². The topological polar surface area (TPSA) is 41.1 Å². The largest absolute Gasteiger partial charge is 0.355 e. The van der Waals surface area contributed by atoms with Gasteiger partial charge in [0.2, 0.25) is 5.91 Å². The van der Waals surface area contributed by atoms with Crippen LogP contribution >= 0.6 is 0 Å². The number of hydrogen-bond donors (Lipinski definition) is 2. The maximum Gasteiger partial charge on any atom is 0.223 e. The highest BCUT2D eigenvalue weighted by Crippen LogP contribution is 2.37. The lowest BCUT2D eigenvalue weighted by molar-refractivity contribution is -0.122. The van der Waals surface area contributed by atoms with Gasteiger partial charge in [0, 0.05) is 25.0 Å². The summed E-state index contributed by atoms with van der Waals surface area (Å²) in [5, 5.41) is 6.61. The van der Waals surface area contributed by atoms with Crippen molar-refractivity contribution in [3.05, 3.63) is 0 Å². The molecular formula is C16H30N2O. The fraction of sp³-hybridized carbons (Fsp3) is 0.938. The molecule has 1 amide bonds. The van der Waals surface area contributed by atoms with E-state index in [1.807, 2.05) is 0 Å². The molecule has 0 aromatic carbocycles. The summed E-state index contributed by atoms with van der Waals surface area (Å²) in [6.07, 6.45) is 7.45. The van der Waals surface area contributed by atoms with Crippen molar-refractivity contribution in [2.75, 3.05) is 13.1 Å². The number of carbonyl (C=O) groups excluding carboxylic acids is 1. The minimum absolute atomic E-state index is 0.262. The van der Waals surface area contributed by atoms with E-state index in [-0.39, 0.29) is 5.91 Å². The van der Waals surface area contributed by atoms with Crippen molar-refractivity contribution in [3.63, 3.8) is 0 Å². The summed E-state index contributed by atoms with van der Waals surface area (Å²) in [4.78, 5) is 11.5.